The molecule has 0 bridgehead atoms. The second-order valence-corrected chi connectivity index (χ2v) is 10.6. The fourth-order valence-corrected chi connectivity index (χ4v) is 6.72. The van der Waals surface area contributed by atoms with E-state index in [2.05, 4.69) is 18.2 Å². The average molecular weight is 457 g/mol. The Labute approximate surface area is 187 Å². The van der Waals surface area contributed by atoms with Gasteiger partial charge in [-0.25, -0.2) is 12.8 Å². The summed E-state index contributed by atoms with van der Waals surface area (Å²) in [7, 11) is -4.01. The van der Waals surface area contributed by atoms with Crippen LogP contribution < -0.4 is 0 Å². The van der Waals surface area contributed by atoms with Crippen LogP contribution >= 0.6 is 0 Å². The predicted octanol–water partition coefficient (Wildman–Crippen LogP) is 2.75. The second-order valence-electron chi connectivity index (χ2n) is 8.64. The molecule has 0 radical (unpaired) electrons. The van der Waals surface area contributed by atoms with Crippen LogP contribution in [0, 0.1) is 5.82 Å². The monoisotopic (exact) mass is 456 g/mol. The molecular weight excluding hydrogens is 431 g/mol. The van der Waals surface area contributed by atoms with Crippen LogP contribution in [0.3, 0.4) is 0 Å². The third-order valence-electron chi connectivity index (χ3n) is 6.86. The van der Waals surface area contributed by atoms with E-state index in [1.165, 1.54) is 35.8 Å². The van der Waals surface area contributed by atoms with Gasteiger partial charge in [0, 0.05) is 12.5 Å². The summed E-state index contributed by atoms with van der Waals surface area (Å²) >= 11 is 0. The highest BCUT2D eigenvalue weighted by Crippen LogP contribution is 2.44. The zero-order chi connectivity index (χ0) is 22.5. The first kappa shape index (κ1) is 21.3. The van der Waals surface area contributed by atoms with Crippen LogP contribution in [0.1, 0.15) is 36.3 Å². The van der Waals surface area contributed by atoms with E-state index in [1.807, 2.05) is 12.1 Å². The van der Waals surface area contributed by atoms with Gasteiger partial charge < -0.3 is 10.0 Å². The zero-order valence-electron chi connectivity index (χ0n) is 17.5. The fraction of sp³-hybridized carbons (Fsp3) is 0.375. The van der Waals surface area contributed by atoms with Gasteiger partial charge >= 0.3 is 0 Å². The van der Waals surface area contributed by atoms with Gasteiger partial charge in [-0.15, -0.1) is 0 Å². The number of carbonyl (C=O) groups excluding carboxylic acids is 1. The lowest BCUT2D eigenvalue weighted by Crippen LogP contribution is -2.73. The van der Waals surface area contributed by atoms with Crippen molar-refractivity contribution in [2.24, 2.45) is 0 Å². The summed E-state index contributed by atoms with van der Waals surface area (Å²) in [6.45, 7) is -0.388. The van der Waals surface area contributed by atoms with Crippen molar-refractivity contribution in [2.75, 3.05) is 19.7 Å². The van der Waals surface area contributed by atoms with Gasteiger partial charge in [-0.05, 0) is 54.2 Å². The van der Waals surface area contributed by atoms with Gasteiger partial charge in [-0.1, -0.05) is 36.4 Å². The quantitative estimate of drug-likeness (QED) is 0.751. The van der Waals surface area contributed by atoms with E-state index in [0.717, 1.165) is 28.8 Å². The molecule has 1 N–H and O–H groups in total. The number of rotatable bonds is 5. The zero-order valence-corrected chi connectivity index (χ0v) is 18.3. The van der Waals surface area contributed by atoms with Gasteiger partial charge in [0.05, 0.1) is 30.1 Å². The maximum absolute atomic E-state index is 13.6. The Kier molecular flexibility index (Phi) is 5.39. The third-order valence-corrected chi connectivity index (χ3v) is 8.67. The largest absolute Gasteiger partial charge is 0.394 e. The third kappa shape index (κ3) is 3.46. The Morgan fingerprint density at radius 1 is 1.12 bits per heavy atom. The molecule has 2 aromatic carbocycles. The summed E-state index contributed by atoms with van der Waals surface area (Å²) in [6, 6.07) is 12.3. The fourth-order valence-electron chi connectivity index (χ4n) is 5.28. The van der Waals surface area contributed by atoms with Crippen LogP contribution in [0.4, 0.5) is 4.39 Å². The Balaban J connectivity index is 1.42. The van der Waals surface area contributed by atoms with E-state index >= 15 is 0 Å². The van der Waals surface area contributed by atoms with E-state index in [9.17, 15) is 22.7 Å². The number of hydrogen-bond donors (Lipinski definition) is 1. The van der Waals surface area contributed by atoms with Crippen LogP contribution in [0.2, 0.25) is 0 Å². The predicted molar refractivity (Wildman–Crippen MR) is 118 cm³/mol. The maximum atomic E-state index is 13.6. The molecule has 0 unspecified atom stereocenters. The van der Waals surface area contributed by atoms with Gasteiger partial charge in [0.15, 0.2) is 0 Å². The minimum atomic E-state index is -4.01. The van der Waals surface area contributed by atoms with E-state index in [0.29, 0.717) is 0 Å². The van der Waals surface area contributed by atoms with E-state index in [1.54, 1.807) is 4.90 Å². The van der Waals surface area contributed by atoms with Crippen LogP contribution in [0.15, 0.2) is 59.5 Å². The molecule has 5 rings (SSSR count). The molecule has 0 aromatic heterocycles. The minimum Gasteiger partial charge on any atom is -0.394 e. The molecule has 168 valence electrons. The van der Waals surface area contributed by atoms with Crippen molar-refractivity contribution in [2.45, 2.75) is 42.2 Å². The number of sulfonamides is 1. The summed E-state index contributed by atoms with van der Waals surface area (Å²) in [6.07, 6.45) is 5.59. The lowest BCUT2D eigenvalue weighted by molar-refractivity contribution is -0.158. The minimum absolute atomic E-state index is 0.110. The van der Waals surface area contributed by atoms with Crippen LogP contribution in [-0.2, 0) is 14.8 Å². The number of nitrogens with zero attached hydrogens (tertiary/aromatic N) is 2. The van der Waals surface area contributed by atoms with E-state index in [-0.39, 0.29) is 48.5 Å². The number of amides is 1. The molecule has 1 amide bonds. The number of allylic oxidation sites excluding steroid dienone is 2. The average Bonchev–Trinajstić information content (AvgIpc) is 3.30. The van der Waals surface area contributed by atoms with Crippen molar-refractivity contribution < 1.29 is 22.7 Å². The molecule has 32 heavy (non-hydrogen) atoms. The van der Waals surface area contributed by atoms with Crippen molar-refractivity contribution in [3.05, 3.63) is 71.6 Å². The first-order valence-electron chi connectivity index (χ1n) is 10.9. The highest BCUT2D eigenvalue weighted by Gasteiger charge is 2.55. The SMILES string of the molecule is O=C1CN(S(=O)(=O)c2cccc(F)c2)C[C@H]2[C@@H](c3ccc(C4=CCCC4)cc3)[C@@H](CO)N12. The topological polar surface area (TPSA) is 77.9 Å². The van der Waals surface area contributed by atoms with Crippen LogP contribution in [0.5, 0.6) is 0 Å². The highest BCUT2D eigenvalue weighted by molar-refractivity contribution is 7.89. The summed E-state index contributed by atoms with van der Waals surface area (Å²) in [4.78, 5) is 14.3. The molecule has 2 fully saturated rings. The molecule has 2 saturated heterocycles. The van der Waals surface area contributed by atoms with E-state index in [4.69, 9.17) is 0 Å². The summed E-state index contributed by atoms with van der Waals surface area (Å²) < 4.78 is 40.9. The molecule has 0 spiro atoms. The van der Waals surface area contributed by atoms with Gasteiger partial charge in [0.2, 0.25) is 15.9 Å². The van der Waals surface area contributed by atoms with E-state index < -0.39 is 15.8 Å². The second kappa shape index (κ2) is 8.10. The van der Waals surface area contributed by atoms with Gasteiger partial charge in [-0.3, -0.25) is 4.79 Å². The van der Waals surface area contributed by atoms with Gasteiger partial charge in [0.1, 0.15) is 5.82 Å². The molecule has 0 saturated carbocycles. The summed E-state index contributed by atoms with van der Waals surface area (Å²) in [5.74, 6) is -1.15. The molecule has 2 aliphatic heterocycles. The number of hydrogen-bond acceptors (Lipinski definition) is 4. The molecular formula is C24H25FN2O4S. The number of piperazine rings is 1. The smallest absolute Gasteiger partial charge is 0.243 e. The van der Waals surface area contributed by atoms with Gasteiger partial charge in [0.25, 0.3) is 0 Å². The molecule has 3 atom stereocenters. The van der Waals surface area contributed by atoms with Crippen molar-refractivity contribution >= 4 is 21.5 Å². The molecule has 2 aromatic rings. The number of benzene rings is 2. The molecule has 2 heterocycles. The number of carbonyl (C=O) groups is 1. The van der Waals surface area contributed by atoms with Crippen LogP contribution in [-0.4, -0.2) is 60.4 Å². The van der Waals surface area contributed by atoms with Crippen LogP contribution in [0.25, 0.3) is 5.57 Å². The molecule has 3 aliphatic rings. The first-order valence-corrected chi connectivity index (χ1v) is 12.3. The molecule has 8 heteroatoms. The lowest BCUT2D eigenvalue weighted by Gasteiger charge is -2.58. The highest BCUT2D eigenvalue weighted by atomic mass is 32.2. The number of fused-ring (bicyclic) bond motifs is 1. The number of halogens is 1. The van der Waals surface area contributed by atoms with Crippen molar-refractivity contribution in [1.29, 1.82) is 0 Å². The lowest BCUT2D eigenvalue weighted by atomic mass is 9.74. The first-order chi connectivity index (χ1) is 15.4. The normalized spacial score (nSPS) is 25.9. The maximum Gasteiger partial charge on any atom is 0.243 e. The number of aliphatic hydroxyl groups excluding tert-OH is 1. The molecule has 6 nitrogen and oxygen atoms in total. The van der Waals surface area contributed by atoms with Crippen molar-refractivity contribution in [1.82, 2.24) is 9.21 Å². The Morgan fingerprint density at radius 2 is 1.91 bits per heavy atom. The standard InChI is InChI=1S/C24H25FN2O4S/c25-19-6-3-7-20(12-19)32(30,31)26-13-21-24(22(15-28)27(21)23(29)14-26)18-10-8-17(9-11-18)16-4-1-2-5-16/h3-4,6-12,21-22,24,28H,1-2,5,13-15H2/t21-,22+,24+/m0/s1. The Hall–Kier alpha value is -2.55. The van der Waals surface area contributed by atoms with Crippen molar-refractivity contribution in [3.8, 4) is 0 Å². The Bertz CT molecular complexity index is 1180. The molecule has 1 aliphatic carbocycles. The number of aliphatic hydroxyl groups is 1. The van der Waals surface area contributed by atoms with Gasteiger partial charge in [-0.2, -0.15) is 4.31 Å². The van der Waals surface area contributed by atoms with Crippen molar-refractivity contribution in [3.63, 3.8) is 0 Å². The summed E-state index contributed by atoms with van der Waals surface area (Å²) in [5, 5.41) is 9.96. The Morgan fingerprint density at radius 3 is 2.56 bits per heavy atom. The summed E-state index contributed by atoms with van der Waals surface area (Å²) in [5.41, 5.74) is 3.49.